The number of rotatable bonds is 5. The number of halogens is 3. The Morgan fingerprint density at radius 2 is 1.82 bits per heavy atom. The summed E-state index contributed by atoms with van der Waals surface area (Å²) in [5.41, 5.74) is 3.47. The van der Waals surface area contributed by atoms with Crippen LogP contribution in [0.2, 0.25) is 0 Å². The highest BCUT2D eigenvalue weighted by molar-refractivity contribution is 5.95. The van der Waals surface area contributed by atoms with Crippen LogP contribution in [0.25, 0.3) is 10.9 Å². The molecule has 0 saturated heterocycles. The van der Waals surface area contributed by atoms with Crippen molar-refractivity contribution in [2.45, 2.75) is 31.7 Å². The fraction of sp³-hybridized carbons (Fsp3) is 0.286. The van der Waals surface area contributed by atoms with Crippen molar-refractivity contribution in [1.82, 2.24) is 4.57 Å². The van der Waals surface area contributed by atoms with E-state index in [2.05, 4.69) is 9.30 Å². The summed E-state index contributed by atoms with van der Waals surface area (Å²) in [6.07, 6.45) is -1.94. The van der Waals surface area contributed by atoms with Gasteiger partial charge in [0.1, 0.15) is 5.75 Å². The molecule has 0 unspecified atom stereocenters. The Balaban J connectivity index is 1.64. The smallest absolute Gasteiger partial charge is 0.465 e. The lowest BCUT2D eigenvalue weighted by atomic mass is 10.1. The van der Waals surface area contributed by atoms with Crippen LogP contribution in [0.4, 0.5) is 13.2 Å². The summed E-state index contributed by atoms with van der Waals surface area (Å²) in [5.74, 6) is -0.621. The predicted molar refractivity (Wildman–Crippen MR) is 97.5 cm³/mol. The highest BCUT2D eigenvalue weighted by atomic mass is 19.4. The molecule has 1 aliphatic carbocycles. The number of carbonyl (C=O) groups is 1. The lowest BCUT2D eigenvalue weighted by Crippen LogP contribution is -2.17. The van der Waals surface area contributed by atoms with Crippen molar-refractivity contribution in [1.29, 1.82) is 0 Å². The molecule has 28 heavy (non-hydrogen) atoms. The highest BCUT2D eigenvalue weighted by Gasteiger charge is 2.31. The molecule has 0 N–H and O–H groups in total. The van der Waals surface area contributed by atoms with Crippen molar-refractivity contribution in [3.05, 3.63) is 65.4 Å². The molecule has 4 nitrogen and oxygen atoms in total. The number of fused-ring (bicyclic) bond motifs is 1. The normalized spacial score (nSPS) is 14.3. The van der Waals surface area contributed by atoms with Crippen LogP contribution in [0, 0.1) is 0 Å². The van der Waals surface area contributed by atoms with Gasteiger partial charge in [0.05, 0.1) is 12.7 Å². The van der Waals surface area contributed by atoms with Gasteiger partial charge >= 0.3 is 12.3 Å². The van der Waals surface area contributed by atoms with Crippen LogP contribution in [-0.4, -0.2) is 24.0 Å². The Morgan fingerprint density at radius 3 is 2.43 bits per heavy atom. The van der Waals surface area contributed by atoms with E-state index in [1.807, 2.05) is 18.2 Å². The number of nitrogens with zero attached hydrogens (tertiary/aromatic N) is 1. The van der Waals surface area contributed by atoms with Crippen molar-refractivity contribution < 1.29 is 27.4 Å². The maximum Gasteiger partial charge on any atom is 0.573 e. The van der Waals surface area contributed by atoms with E-state index >= 15 is 0 Å². The van der Waals surface area contributed by atoms with Gasteiger partial charge in [-0.25, -0.2) is 4.79 Å². The first-order chi connectivity index (χ1) is 13.3. The Bertz CT molecular complexity index is 1020. The fourth-order valence-electron chi connectivity index (χ4n) is 3.46. The first-order valence-corrected chi connectivity index (χ1v) is 8.91. The maximum absolute atomic E-state index is 12.3. The zero-order valence-electron chi connectivity index (χ0n) is 15.1. The number of aromatic nitrogens is 1. The van der Waals surface area contributed by atoms with Crippen LogP contribution in [0.5, 0.6) is 5.75 Å². The number of carbonyl (C=O) groups excluding carboxylic acids is 1. The van der Waals surface area contributed by atoms with Crippen molar-refractivity contribution in [3.63, 3.8) is 0 Å². The lowest BCUT2D eigenvalue weighted by Gasteiger charge is -2.11. The number of hydrogen-bond donors (Lipinski definition) is 0. The van der Waals surface area contributed by atoms with Gasteiger partial charge in [-0.3, -0.25) is 0 Å². The molecule has 1 aromatic heterocycles. The molecule has 7 heteroatoms. The summed E-state index contributed by atoms with van der Waals surface area (Å²) >= 11 is 0. The van der Waals surface area contributed by atoms with E-state index in [1.54, 1.807) is 18.2 Å². The van der Waals surface area contributed by atoms with E-state index in [0.29, 0.717) is 18.0 Å². The van der Waals surface area contributed by atoms with E-state index < -0.39 is 6.36 Å². The minimum absolute atomic E-state index is 0.235. The van der Waals surface area contributed by atoms with Crippen LogP contribution in [-0.2, 0) is 11.2 Å². The van der Waals surface area contributed by atoms with Gasteiger partial charge in [0.15, 0.2) is 0 Å². The lowest BCUT2D eigenvalue weighted by molar-refractivity contribution is -0.274. The molecule has 0 radical (unpaired) electrons. The SMILES string of the molecule is COC(=O)c1ccc2c(c1)cc(Cc1ccc(OC(F)(F)F)cc1)n2C1CC1. The Hall–Kier alpha value is -2.96. The summed E-state index contributed by atoms with van der Waals surface area (Å²) in [6, 6.07) is 13.8. The molecule has 3 aromatic rings. The van der Waals surface area contributed by atoms with Crippen molar-refractivity contribution in [2.75, 3.05) is 7.11 Å². The second-order valence-electron chi connectivity index (χ2n) is 6.87. The zero-order valence-corrected chi connectivity index (χ0v) is 15.1. The molecule has 1 aliphatic rings. The minimum atomic E-state index is -4.70. The van der Waals surface area contributed by atoms with E-state index in [9.17, 15) is 18.0 Å². The van der Waals surface area contributed by atoms with Crippen LogP contribution in [0.1, 0.15) is 40.5 Å². The van der Waals surface area contributed by atoms with Crippen molar-refractivity contribution in [2.24, 2.45) is 0 Å². The first-order valence-electron chi connectivity index (χ1n) is 8.91. The third kappa shape index (κ3) is 3.83. The molecule has 1 heterocycles. The summed E-state index contributed by atoms with van der Waals surface area (Å²) in [7, 11) is 1.35. The second-order valence-corrected chi connectivity index (χ2v) is 6.87. The van der Waals surface area contributed by atoms with Gasteiger partial charge in [0.2, 0.25) is 0 Å². The Labute approximate surface area is 159 Å². The number of methoxy groups -OCH3 is 1. The summed E-state index contributed by atoms with van der Waals surface area (Å²) in [4.78, 5) is 11.8. The van der Waals surface area contributed by atoms with Gasteiger partial charge in [-0.05, 0) is 54.8 Å². The van der Waals surface area contributed by atoms with Gasteiger partial charge < -0.3 is 14.0 Å². The summed E-state index contributed by atoms with van der Waals surface area (Å²) in [6.45, 7) is 0. The fourth-order valence-corrected chi connectivity index (χ4v) is 3.46. The van der Waals surface area contributed by atoms with Gasteiger partial charge in [0, 0.05) is 29.1 Å². The van der Waals surface area contributed by atoms with Crippen LogP contribution in [0.3, 0.4) is 0 Å². The van der Waals surface area contributed by atoms with Crippen LogP contribution in [0.15, 0.2) is 48.5 Å². The first kappa shape index (κ1) is 18.4. The summed E-state index contributed by atoms with van der Waals surface area (Å²) in [5, 5.41) is 0.946. The minimum Gasteiger partial charge on any atom is -0.465 e. The van der Waals surface area contributed by atoms with Gasteiger partial charge in [-0.15, -0.1) is 13.2 Å². The third-order valence-corrected chi connectivity index (χ3v) is 4.79. The molecular formula is C21H18F3NO3. The Kier molecular flexibility index (Phi) is 4.53. The molecule has 4 rings (SSSR count). The molecule has 1 saturated carbocycles. The molecule has 0 spiro atoms. The Morgan fingerprint density at radius 1 is 1.11 bits per heavy atom. The number of alkyl halides is 3. The number of ether oxygens (including phenoxy) is 2. The third-order valence-electron chi connectivity index (χ3n) is 4.79. The number of benzene rings is 2. The largest absolute Gasteiger partial charge is 0.573 e. The quantitative estimate of drug-likeness (QED) is 0.560. The average Bonchev–Trinajstić information content (AvgIpc) is 3.42. The van der Waals surface area contributed by atoms with E-state index in [1.165, 1.54) is 19.2 Å². The summed E-state index contributed by atoms with van der Waals surface area (Å²) < 4.78 is 47.9. The van der Waals surface area contributed by atoms with Gasteiger partial charge in [0.25, 0.3) is 0 Å². The molecule has 2 aromatic carbocycles. The molecule has 0 bridgehead atoms. The van der Waals surface area contributed by atoms with Gasteiger partial charge in [-0.1, -0.05) is 12.1 Å². The zero-order chi connectivity index (χ0) is 19.9. The van der Waals surface area contributed by atoms with Crippen molar-refractivity contribution in [3.8, 4) is 5.75 Å². The monoisotopic (exact) mass is 389 g/mol. The molecule has 0 amide bonds. The maximum atomic E-state index is 12.3. The van der Waals surface area contributed by atoms with E-state index in [4.69, 9.17) is 4.74 Å². The second kappa shape index (κ2) is 6.89. The standard InChI is InChI=1S/C21H18F3NO3/c1-27-20(26)14-4-9-19-15(11-14)12-17(25(19)16-5-6-16)10-13-2-7-18(8-3-13)28-21(22,23)24/h2-4,7-9,11-12,16H,5-6,10H2,1H3. The predicted octanol–water partition coefficient (Wildman–Crippen LogP) is 5.25. The number of esters is 1. The average molecular weight is 389 g/mol. The molecule has 0 atom stereocenters. The van der Waals surface area contributed by atoms with Crippen LogP contribution < -0.4 is 4.74 Å². The molecule has 1 fully saturated rings. The molecule has 0 aliphatic heterocycles. The number of hydrogen-bond acceptors (Lipinski definition) is 3. The molecular weight excluding hydrogens is 371 g/mol. The van der Waals surface area contributed by atoms with Gasteiger partial charge in [-0.2, -0.15) is 0 Å². The van der Waals surface area contributed by atoms with Crippen molar-refractivity contribution >= 4 is 16.9 Å². The molecule has 146 valence electrons. The highest BCUT2D eigenvalue weighted by Crippen LogP contribution is 2.40. The van der Waals surface area contributed by atoms with Crippen LogP contribution >= 0.6 is 0 Å². The van der Waals surface area contributed by atoms with E-state index in [0.717, 1.165) is 35.0 Å². The van der Waals surface area contributed by atoms with E-state index in [-0.39, 0.29) is 11.7 Å². The topological polar surface area (TPSA) is 40.5 Å².